The van der Waals surface area contributed by atoms with Crippen LogP contribution in [0.25, 0.3) is 0 Å². The summed E-state index contributed by atoms with van der Waals surface area (Å²) in [5.41, 5.74) is 1.45. The number of hydrogen-bond donors (Lipinski definition) is 0. The molecule has 5 nitrogen and oxygen atoms in total. The van der Waals surface area contributed by atoms with E-state index in [1.54, 1.807) is 0 Å². The number of piperidine rings is 1. The highest BCUT2D eigenvalue weighted by Gasteiger charge is 2.24. The molecule has 144 valence electrons. The van der Waals surface area contributed by atoms with Gasteiger partial charge in [-0.2, -0.15) is 0 Å². The maximum atomic E-state index is 4.38. The largest absolute Gasteiger partial charge is 0.339 e. The number of nitrogens with zero attached hydrogens (tertiary/aromatic N) is 5. The van der Waals surface area contributed by atoms with Gasteiger partial charge in [-0.05, 0) is 79.2 Å². The van der Waals surface area contributed by atoms with Gasteiger partial charge in [0.25, 0.3) is 0 Å². The summed E-state index contributed by atoms with van der Waals surface area (Å²) in [6.07, 6.45) is 14.5. The zero-order chi connectivity index (χ0) is 18.3. The lowest BCUT2D eigenvalue weighted by molar-refractivity contribution is 0.360. The second kappa shape index (κ2) is 9.16. The molecule has 2 aromatic rings. The van der Waals surface area contributed by atoms with Gasteiger partial charge in [0.2, 0.25) is 5.95 Å². The van der Waals surface area contributed by atoms with E-state index in [0.717, 1.165) is 37.9 Å². The molecule has 1 aromatic carbocycles. The van der Waals surface area contributed by atoms with Gasteiger partial charge < -0.3 is 4.90 Å². The Kier molecular flexibility index (Phi) is 6.17. The molecule has 2 atom stereocenters. The molecule has 1 fully saturated rings. The van der Waals surface area contributed by atoms with Crippen LogP contribution in [0.2, 0.25) is 0 Å². The van der Waals surface area contributed by atoms with Gasteiger partial charge >= 0.3 is 0 Å². The molecule has 0 bridgehead atoms. The Balaban J connectivity index is 1.30. The first-order valence-electron chi connectivity index (χ1n) is 10.6. The molecule has 27 heavy (non-hydrogen) atoms. The van der Waals surface area contributed by atoms with Crippen LogP contribution in [0.1, 0.15) is 50.5 Å². The van der Waals surface area contributed by atoms with Gasteiger partial charge in [-0.3, -0.25) is 0 Å². The molecule has 1 aromatic heterocycles. The molecule has 1 aliphatic heterocycles. The lowest BCUT2D eigenvalue weighted by atomic mass is 9.92. The van der Waals surface area contributed by atoms with Gasteiger partial charge in [-0.15, -0.1) is 0 Å². The van der Waals surface area contributed by atoms with E-state index in [2.05, 4.69) is 67.6 Å². The minimum absolute atomic E-state index is 0.670. The van der Waals surface area contributed by atoms with E-state index in [1.807, 2.05) is 0 Å². The minimum Gasteiger partial charge on any atom is -0.339 e. The quantitative estimate of drug-likeness (QED) is 0.688. The summed E-state index contributed by atoms with van der Waals surface area (Å²) in [6, 6.07) is 10.8. The topological polar surface area (TPSA) is 46.8 Å². The van der Waals surface area contributed by atoms with Crippen LogP contribution in [-0.4, -0.2) is 33.3 Å². The van der Waals surface area contributed by atoms with Crippen molar-refractivity contribution in [1.82, 2.24) is 20.2 Å². The Morgan fingerprint density at radius 3 is 2.81 bits per heavy atom. The molecule has 2 heterocycles. The van der Waals surface area contributed by atoms with Gasteiger partial charge in [0.15, 0.2) is 0 Å². The van der Waals surface area contributed by atoms with Crippen molar-refractivity contribution in [3.63, 3.8) is 0 Å². The minimum atomic E-state index is 0.670. The summed E-state index contributed by atoms with van der Waals surface area (Å²) in [5, 5.41) is 12.7. The molecule has 0 N–H and O–H groups in total. The summed E-state index contributed by atoms with van der Waals surface area (Å²) >= 11 is 0. The molecule has 1 saturated heterocycles. The van der Waals surface area contributed by atoms with Crippen molar-refractivity contribution in [3.05, 3.63) is 48.0 Å². The molecule has 1 aliphatic carbocycles. The van der Waals surface area contributed by atoms with Crippen LogP contribution in [-0.2, 0) is 13.0 Å². The Bertz CT molecular complexity index is 723. The fourth-order valence-corrected chi connectivity index (χ4v) is 4.53. The summed E-state index contributed by atoms with van der Waals surface area (Å²) < 4.78 is 2.05. The van der Waals surface area contributed by atoms with Crippen LogP contribution in [0, 0.1) is 11.8 Å². The molecule has 0 amide bonds. The number of hydrogen-bond acceptors (Lipinski definition) is 4. The summed E-state index contributed by atoms with van der Waals surface area (Å²) in [7, 11) is 0. The predicted octanol–water partition coefficient (Wildman–Crippen LogP) is 4.27. The third-order valence-corrected chi connectivity index (χ3v) is 6.04. The normalized spacial score (nSPS) is 22.9. The van der Waals surface area contributed by atoms with Gasteiger partial charge in [0.05, 0.1) is 0 Å². The Morgan fingerprint density at radius 1 is 1.04 bits per heavy atom. The first kappa shape index (κ1) is 18.2. The van der Waals surface area contributed by atoms with E-state index in [0.29, 0.717) is 5.92 Å². The number of aromatic nitrogens is 4. The number of rotatable bonds is 7. The van der Waals surface area contributed by atoms with Crippen LogP contribution < -0.4 is 4.90 Å². The van der Waals surface area contributed by atoms with E-state index in [1.165, 1.54) is 50.5 Å². The summed E-state index contributed by atoms with van der Waals surface area (Å²) in [6.45, 7) is 3.13. The molecule has 0 spiro atoms. The van der Waals surface area contributed by atoms with Gasteiger partial charge in [0, 0.05) is 19.6 Å². The predicted molar refractivity (Wildman–Crippen MR) is 109 cm³/mol. The molecule has 2 unspecified atom stereocenters. The fraction of sp³-hybridized carbons (Fsp3) is 0.591. The third kappa shape index (κ3) is 4.96. The number of allylic oxidation sites excluding steroid dienone is 2. The molecular weight excluding hydrogens is 334 g/mol. The first-order valence-corrected chi connectivity index (χ1v) is 10.6. The van der Waals surface area contributed by atoms with E-state index in [9.17, 15) is 0 Å². The van der Waals surface area contributed by atoms with Crippen molar-refractivity contribution in [1.29, 1.82) is 0 Å². The van der Waals surface area contributed by atoms with E-state index < -0.39 is 0 Å². The average molecular weight is 366 g/mol. The van der Waals surface area contributed by atoms with Crippen LogP contribution >= 0.6 is 0 Å². The lowest BCUT2D eigenvalue weighted by Crippen LogP contribution is -2.37. The molecular formula is C22H31N5. The number of aryl methyl sites for hydroxylation is 1. The highest BCUT2D eigenvalue weighted by molar-refractivity contribution is 5.29. The maximum absolute atomic E-state index is 4.38. The summed E-state index contributed by atoms with van der Waals surface area (Å²) in [5.74, 6) is 2.41. The molecule has 0 saturated carbocycles. The zero-order valence-corrected chi connectivity index (χ0v) is 16.2. The van der Waals surface area contributed by atoms with Crippen LogP contribution in [0.3, 0.4) is 0 Å². The maximum Gasteiger partial charge on any atom is 0.245 e. The second-order valence-corrected chi connectivity index (χ2v) is 8.14. The first-order chi connectivity index (χ1) is 13.4. The molecule has 0 radical (unpaired) electrons. The van der Waals surface area contributed by atoms with Crippen molar-refractivity contribution in [2.75, 3.05) is 18.0 Å². The Labute approximate surface area is 162 Å². The lowest BCUT2D eigenvalue weighted by Gasteiger charge is -2.33. The molecule has 2 aliphatic rings. The monoisotopic (exact) mass is 365 g/mol. The van der Waals surface area contributed by atoms with Gasteiger partial charge in [-0.1, -0.05) is 47.6 Å². The van der Waals surface area contributed by atoms with Crippen LogP contribution in [0.4, 0.5) is 5.95 Å². The van der Waals surface area contributed by atoms with Gasteiger partial charge in [-0.25, -0.2) is 4.68 Å². The Hall–Kier alpha value is -2.17. The van der Waals surface area contributed by atoms with Crippen molar-refractivity contribution >= 4 is 5.95 Å². The van der Waals surface area contributed by atoms with Crippen molar-refractivity contribution in [2.24, 2.45) is 11.8 Å². The zero-order valence-electron chi connectivity index (χ0n) is 16.2. The molecule has 5 heteroatoms. The SMILES string of the molecule is C1=CCC(Cn2nnnc2N2CCCC(CCCc3ccccc3)C2)CC1. The van der Waals surface area contributed by atoms with Crippen LogP contribution in [0.15, 0.2) is 42.5 Å². The highest BCUT2D eigenvalue weighted by atomic mass is 15.6. The van der Waals surface area contributed by atoms with E-state index in [4.69, 9.17) is 0 Å². The second-order valence-electron chi connectivity index (χ2n) is 8.14. The van der Waals surface area contributed by atoms with Crippen molar-refractivity contribution in [2.45, 2.75) is 57.9 Å². The smallest absolute Gasteiger partial charge is 0.245 e. The Morgan fingerprint density at radius 2 is 1.96 bits per heavy atom. The van der Waals surface area contributed by atoms with Crippen LogP contribution in [0.5, 0.6) is 0 Å². The van der Waals surface area contributed by atoms with Crippen molar-refractivity contribution < 1.29 is 0 Å². The standard InChI is InChI=1S/C22H31N5/c1-3-9-19(10-4-1)13-7-14-20-15-8-16-26(17-20)22-23-24-25-27(22)18-21-11-5-2-6-12-21/h1-5,9-10,20-21H,6-8,11-18H2. The number of tetrazole rings is 1. The van der Waals surface area contributed by atoms with E-state index >= 15 is 0 Å². The third-order valence-electron chi connectivity index (χ3n) is 6.04. The van der Waals surface area contributed by atoms with E-state index in [-0.39, 0.29) is 0 Å². The molecule has 4 rings (SSSR count). The highest BCUT2D eigenvalue weighted by Crippen LogP contribution is 2.26. The summed E-state index contributed by atoms with van der Waals surface area (Å²) in [4.78, 5) is 2.43. The number of anilines is 1. The van der Waals surface area contributed by atoms with Crippen molar-refractivity contribution in [3.8, 4) is 0 Å². The fourth-order valence-electron chi connectivity index (χ4n) is 4.53. The average Bonchev–Trinajstić information content (AvgIpc) is 3.18. The number of benzene rings is 1. The van der Waals surface area contributed by atoms with Gasteiger partial charge in [0.1, 0.15) is 0 Å².